The van der Waals surface area contributed by atoms with E-state index in [1.165, 1.54) is 5.56 Å². The number of hydrogen-bond donors (Lipinski definition) is 1. The smallest absolute Gasteiger partial charge is 0.261 e. The molecule has 158 valence electrons. The lowest BCUT2D eigenvalue weighted by Crippen LogP contribution is -2.38. The highest BCUT2D eigenvalue weighted by Gasteiger charge is 2.18. The number of hydrogen-bond acceptors (Lipinski definition) is 3. The lowest BCUT2D eigenvalue weighted by Gasteiger charge is -2.18. The Bertz CT molecular complexity index is 945. The third kappa shape index (κ3) is 5.99. The van der Waals surface area contributed by atoms with Crippen molar-refractivity contribution in [1.29, 1.82) is 0 Å². The summed E-state index contributed by atoms with van der Waals surface area (Å²) in [5, 5.41) is 5.15. The second kappa shape index (κ2) is 10.7. The summed E-state index contributed by atoms with van der Waals surface area (Å²) >= 11 is 0. The van der Waals surface area contributed by atoms with Crippen LogP contribution in [0.15, 0.2) is 66.7 Å². The molecule has 4 nitrogen and oxygen atoms in total. The molecule has 0 unspecified atom stereocenters. The number of rotatable bonds is 10. The fourth-order valence-electron chi connectivity index (χ4n) is 3.40. The Balaban J connectivity index is 1.48. The number of aryl methyl sites for hydroxylation is 1. The van der Waals surface area contributed by atoms with Crippen LogP contribution in [-0.2, 0) is 11.2 Å². The largest absolute Gasteiger partial charge is 0.491 e. The van der Waals surface area contributed by atoms with Crippen LogP contribution in [0.25, 0.3) is 10.8 Å². The molecule has 3 rings (SSSR count). The maximum absolute atomic E-state index is 12.6. The maximum Gasteiger partial charge on any atom is 0.261 e. The first-order chi connectivity index (χ1) is 14.6. The minimum absolute atomic E-state index is 0.0638. The van der Waals surface area contributed by atoms with Gasteiger partial charge in [-0.05, 0) is 62.3 Å². The van der Waals surface area contributed by atoms with E-state index in [-0.39, 0.29) is 12.0 Å². The van der Waals surface area contributed by atoms with Crippen molar-refractivity contribution in [2.75, 3.05) is 6.54 Å². The molecule has 0 saturated heterocycles. The van der Waals surface area contributed by atoms with Gasteiger partial charge in [-0.3, -0.25) is 4.79 Å². The normalized spacial score (nSPS) is 12.0. The fraction of sp³-hybridized carbons (Fsp3) is 0.346. The molecule has 0 radical (unpaired) electrons. The van der Waals surface area contributed by atoms with Crippen molar-refractivity contribution in [2.45, 2.75) is 52.2 Å². The number of amides is 1. The summed E-state index contributed by atoms with van der Waals surface area (Å²) in [6.45, 7) is 6.63. The number of carbonyl (C=O) groups excluding carboxylic acids is 1. The Morgan fingerprint density at radius 3 is 2.40 bits per heavy atom. The average molecular weight is 406 g/mol. The minimum atomic E-state index is -0.497. The molecule has 0 bridgehead atoms. The molecule has 0 aliphatic rings. The van der Waals surface area contributed by atoms with E-state index in [9.17, 15) is 4.79 Å². The predicted octanol–water partition coefficient (Wildman–Crippen LogP) is 5.53. The zero-order valence-corrected chi connectivity index (χ0v) is 18.1. The number of nitrogens with one attached hydrogen (secondary N) is 1. The molecule has 3 aromatic rings. The summed E-state index contributed by atoms with van der Waals surface area (Å²) in [7, 11) is 0. The van der Waals surface area contributed by atoms with Crippen LogP contribution < -0.4 is 14.8 Å². The van der Waals surface area contributed by atoms with Gasteiger partial charge in [0.05, 0.1) is 6.10 Å². The second-order valence-corrected chi connectivity index (χ2v) is 7.70. The first kappa shape index (κ1) is 21.7. The molecule has 30 heavy (non-hydrogen) atoms. The fourth-order valence-corrected chi connectivity index (χ4v) is 3.40. The summed E-state index contributed by atoms with van der Waals surface area (Å²) < 4.78 is 11.7. The van der Waals surface area contributed by atoms with E-state index in [4.69, 9.17) is 9.47 Å². The molecule has 0 aromatic heterocycles. The van der Waals surface area contributed by atoms with Crippen molar-refractivity contribution < 1.29 is 14.3 Å². The topological polar surface area (TPSA) is 47.6 Å². The average Bonchev–Trinajstić information content (AvgIpc) is 2.75. The van der Waals surface area contributed by atoms with Crippen LogP contribution in [0.5, 0.6) is 11.5 Å². The third-order valence-corrected chi connectivity index (χ3v) is 4.92. The molecule has 0 saturated carbocycles. The number of ether oxygens (including phenoxy) is 2. The molecule has 1 amide bonds. The SMILES string of the molecule is CC[C@H](Oc1cccc2ccccc12)C(=O)NCCCc1ccc(OC(C)C)cc1. The second-order valence-electron chi connectivity index (χ2n) is 7.70. The molecule has 0 heterocycles. The van der Waals surface area contributed by atoms with Gasteiger partial charge in [0.1, 0.15) is 11.5 Å². The summed E-state index contributed by atoms with van der Waals surface area (Å²) in [5.74, 6) is 1.57. The van der Waals surface area contributed by atoms with Crippen LogP contribution in [0.2, 0.25) is 0 Å². The van der Waals surface area contributed by atoms with Gasteiger partial charge in [0.2, 0.25) is 0 Å². The van der Waals surface area contributed by atoms with Gasteiger partial charge in [-0.15, -0.1) is 0 Å². The Morgan fingerprint density at radius 1 is 0.933 bits per heavy atom. The van der Waals surface area contributed by atoms with Crippen molar-refractivity contribution in [2.24, 2.45) is 0 Å². The quantitative estimate of drug-likeness (QED) is 0.451. The van der Waals surface area contributed by atoms with E-state index in [0.29, 0.717) is 13.0 Å². The van der Waals surface area contributed by atoms with E-state index in [0.717, 1.165) is 35.1 Å². The lowest BCUT2D eigenvalue weighted by atomic mass is 10.1. The molecule has 1 atom stereocenters. The Hall–Kier alpha value is -3.01. The minimum Gasteiger partial charge on any atom is -0.491 e. The number of fused-ring (bicyclic) bond motifs is 1. The molecule has 0 aliphatic carbocycles. The lowest BCUT2D eigenvalue weighted by molar-refractivity contribution is -0.128. The van der Waals surface area contributed by atoms with E-state index < -0.39 is 6.10 Å². The van der Waals surface area contributed by atoms with Gasteiger partial charge >= 0.3 is 0 Å². The molecule has 0 aliphatic heterocycles. The summed E-state index contributed by atoms with van der Waals surface area (Å²) in [4.78, 5) is 12.6. The Kier molecular flexibility index (Phi) is 7.72. The van der Waals surface area contributed by atoms with Gasteiger partial charge < -0.3 is 14.8 Å². The highest BCUT2D eigenvalue weighted by molar-refractivity contribution is 5.89. The van der Waals surface area contributed by atoms with Crippen molar-refractivity contribution in [3.05, 3.63) is 72.3 Å². The molecule has 1 N–H and O–H groups in total. The molecule has 0 spiro atoms. The van der Waals surface area contributed by atoms with E-state index in [1.54, 1.807) is 0 Å². The standard InChI is InChI=1S/C26H31NO3/c1-4-24(30-25-13-7-11-21-10-5-6-12-23(21)25)26(28)27-18-8-9-20-14-16-22(17-15-20)29-19(2)3/h5-7,10-17,19,24H,4,8-9,18H2,1-3H3,(H,27,28)/t24-/m0/s1. The highest BCUT2D eigenvalue weighted by Crippen LogP contribution is 2.26. The van der Waals surface area contributed by atoms with Crippen LogP contribution in [0.4, 0.5) is 0 Å². The zero-order valence-electron chi connectivity index (χ0n) is 18.1. The van der Waals surface area contributed by atoms with Gasteiger partial charge in [-0.25, -0.2) is 0 Å². The van der Waals surface area contributed by atoms with Gasteiger partial charge in [-0.1, -0.05) is 55.5 Å². The molecule has 3 aromatic carbocycles. The van der Waals surface area contributed by atoms with Crippen LogP contribution >= 0.6 is 0 Å². The monoisotopic (exact) mass is 405 g/mol. The Morgan fingerprint density at radius 2 is 1.67 bits per heavy atom. The number of carbonyl (C=O) groups is 1. The first-order valence-corrected chi connectivity index (χ1v) is 10.7. The van der Waals surface area contributed by atoms with Crippen LogP contribution in [-0.4, -0.2) is 24.7 Å². The Labute approximate surface area is 179 Å². The summed E-state index contributed by atoms with van der Waals surface area (Å²) in [5.41, 5.74) is 1.24. The van der Waals surface area contributed by atoms with Crippen LogP contribution in [0, 0.1) is 0 Å². The van der Waals surface area contributed by atoms with E-state index >= 15 is 0 Å². The predicted molar refractivity (Wildman–Crippen MR) is 122 cm³/mol. The van der Waals surface area contributed by atoms with Crippen molar-refractivity contribution in [3.63, 3.8) is 0 Å². The van der Waals surface area contributed by atoms with Crippen molar-refractivity contribution >= 4 is 16.7 Å². The number of benzene rings is 3. The first-order valence-electron chi connectivity index (χ1n) is 10.7. The molecule has 0 fully saturated rings. The van der Waals surface area contributed by atoms with Crippen LogP contribution in [0.3, 0.4) is 0 Å². The van der Waals surface area contributed by atoms with E-state index in [1.807, 2.05) is 75.4 Å². The van der Waals surface area contributed by atoms with Crippen LogP contribution in [0.1, 0.15) is 39.2 Å². The van der Waals surface area contributed by atoms with Crippen molar-refractivity contribution in [1.82, 2.24) is 5.32 Å². The summed E-state index contributed by atoms with van der Waals surface area (Å²) in [6, 6.07) is 22.1. The summed E-state index contributed by atoms with van der Waals surface area (Å²) in [6.07, 6.45) is 2.08. The van der Waals surface area contributed by atoms with Gasteiger partial charge in [-0.2, -0.15) is 0 Å². The third-order valence-electron chi connectivity index (χ3n) is 4.92. The molecule has 4 heteroatoms. The molecular formula is C26H31NO3. The van der Waals surface area contributed by atoms with Crippen molar-refractivity contribution in [3.8, 4) is 11.5 Å². The molecular weight excluding hydrogens is 374 g/mol. The van der Waals surface area contributed by atoms with Gasteiger partial charge in [0.25, 0.3) is 5.91 Å². The zero-order chi connectivity index (χ0) is 21.3. The highest BCUT2D eigenvalue weighted by atomic mass is 16.5. The van der Waals surface area contributed by atoms with E-state index in [2.05, 4.69) is 17.4 Å². The maximum atomic E-state index is 12.6. The van der Waals surface area contributed by atoms with Gasteiger partial charge in [0.15, 0.2) is 6.10 Å². The van der Waals surface area contributed by atoms with Gasteiger partial charge in [0, 0.05) is 11.9 Å².